The number of carbonyl (C=O) groups excluding carboxylic acids is 1. The summed E-state index contributed by atoms with van der Waals surface area (Å²) in [6.45, 7) is 2.01. The van der Waals surface area contributed by atoms with Crippen molar-refractivity contribution >= 4 is 34.7 Å². The van der Waals surface area contributed by atoms with Crippen LogP contribution in [0.5, 0.6) is 0 Å². The zero-order chi connectivity index (χ0) is 17.6. The molecule has 0 unspecified atom stereocenters. The summed E-state index contributed by atoms with van der Waals surface area (Å²) < 4.78 is 0. The Morgan fingerprint density at radius 1 is 1.04 bits per heavy atom. The molecular formula is C20H18ClN3O. The molecule has 1 amide bonds. The summed E-state index contributed by atoms with van der Waals surface area (Å²) in [4.78, 5) is 16.4. The first kappa shape index (κ1) is 17.0. The van der Waals surface area contributed by atoms with Gasteiger partial charge in [-0.15, -0.1) is 0 Å². The molecule has 0 atom stereocenters. The van der Waals surface area contributed by atoms with E-state index in [-0.39, 0.29) is 5.91 Å². The number of carbonyl (C=O) groups is 1. The Kier molecular flexibility index (Phi) is 5.31. The maximum absolute atomic E-state index is 12.1. The Morgan fingerprint density at radius 2 is 1.80 bits per heavy atom. The van der Waals surface area contributed by atoms with Crippen LogP contribution in [0.1, 0.15) is 11.1 Å². The van der Waals surface area contributed by atoms with Crippen molar-refractivity contribution in [3.8, 4) is 0 Å². The first-order valence-corrected chi connectivity index (χ1v) is 8.30. The molecule has 0 bridgehead atoms. The molecule has 3 rings (SSSR count). The standard InChI is InChI=1S/C20H18ClN3O/c1-14-3-2-4-15(11-14)12-20(25)24-19-10-9-18(13-22-19)23-17-7-5-16(21)6-8-17/h2-11,13,23H,12H2,1H3,(H,22,24,25). The number of pyridine rings is 1. The Labute approximate surface area is 151 Å². The Hall–Kier alpha value is -2.85. The first-order valence-electron chi connectivity index (χ1n) is 7.92. The van der Waals surface area contributed by atoms with Crippen LogP contribution in [0, 0.1) is 6.92 Å². The molecule has 0 aliphatic carbocycles. The SMILES string of the molecule is Cc1cccc(CC(=O)Nc2ccc(Nc3ccc(Cl)cc3)cn2)c1. The van der Waals surface area contributed by atoms with E-state index in [1.807, 2.05) is 61.5 Å². The van der Waals surface area contributed by atoms with Gasteiger partial charge in [-0.3, -0.25) is 4.79 Å². The van der Waals surface area contributed by atoms with Gasteiger partial charge in [0.1, 0.15) is 5.82 Å². The lowest BCUT2D eigenvalue weighted by molar-refractivity contribution is -0.115. The highest BCUT2D eigenvalue weighted by Gasteiger charge is 2.05. The van der Waals surface area contributed by atoms with Crippen molar-refractivity contribution in [1.82, 2.24) is 4.98 Å². The number of benzene rings is 2. The number of hydrogen-bond acceptors (Lipinski definition) is 3. The molecule has 1 aromatic heterocycles. The van der Waals surface area contributed by atoms with Crippen LogP contribution in [0.15, 0.2) is 66.9 Å². The van der Waals surface area contributed by atoms with Crippen molar-refractivity contribution in [2.45, 2.75) is 13.3 Å². The third-order valence-electron chi connectivity index (χ3n) is 3.61. The van der Waals surface area contributed by atoms with E-state index in [4.69, 9.17) is 11.6 Å². The summed E-state index contributed by atoms with van der Waals surface area (Å²) in [5.74, 6) is 0.441. The van der Waals surface area contributed by atoms with Crippen LogP contribution in [0.4, 0.5) is 17.2 Å². The van der Waals surface area contributed by atoms with E-state index in [9.17, 15) is 4.79 Å². The quantitative estimate of drug-likeness (QED) is 0.682. The van der Waals surface area contributed by atoms with Crippen molar-refractivity contribution < 1.29 is 4.79 Å². The average molecular weight is 352 g/mol. The predicted molar refractivity (Wildman–Crippen MR) is 102 cm³/mol. The van der Waals surface area contributed by atoms with Crippen molar-refractivity contribution in [3.05, 3.63) is 83.0 Å². The first-order chi connectivity index (χ1) is 12.1. The van der Waals surface area contributed by atoms with Crippen LogP contribution >= 0.6 is 11.6 Å². The fourth-order valence-electron chi connectivity index (χ4n) is 2.44. The topological polar surface area (TPSA) is 54.0 Å². The molecule has 126 valence electrons. The van der Waals surface area contributed by atoms with Gasteiger partial charge in [0.15, 0.2) is 0 Å². The number of nitrogens with zero attached hydrogens (tertiary/aromatic N) is 1. The number of rotatable bonds is 5. The molecule has 0 saturated carbocycles. The van der Waals surface area contributed by atoms with E-state index in [0.29, 0.717) is 17.3 Å². The molecule has 0 aliphatic rings. The number of nitrogens with one attached hydrogen (secondary N) is 2. The van der Waals surface area contributed by atoms with Crippen LogP contribution < -0.4 is 10.6 Å². The molecule has 0 aliphatic heterocycles. The van der Waals surface area contributed by atoms with E-state index in [0.717, 1.165) is 22.5 Å². The molecule has 4 nitrogen and oxygen atoms in total. The van der Waals surface area contributed by atoms with Gasteiger partial charge < -0.3 is 10.6 Å². The van der Waals surface area contributed by atoms with Crippen LogP contribution in [0.25, 0.3) is 0 Å². The fraction of sp³-hybridized carbons (Fsp3) is 0.100. The van der Waals surface area contributed by atoms with Gasteiger partial charge in [-0.2, -0.15) is 0 Å². The van der Waals surface area contributed by atoms with Crippen LogP contribution in [0.3, 0.4) is 0 Å². The van der Waals surface area contributed by atoms with Crippen LogP contribution in [0.2, 0.25) is 5.02 Å². The lowest BCUT2D eigenvalue weighted by atomic mass is 10.1. The summed E-state index contributed by atoms with van der Waals surface area (Å²) >= 11 is 5.87. The smallest absolute Gasteiger partial charge is 0.229 e. The average Bonchev–Trinajstić information content (AvgIpc) is 2.59. The third kappa shape index (κ3) is 5.06. The van der Waals surface area contributed by atoms with E-state index in [1.165, 1.54) is 0 Å². The lowest BCUT2D eigenvalue weighted by Crippen LogP contribution is -2.15. The van der Waals surface area contributed by atoms with Gasteiger partial charge in [0.25, 0.3) is 0 Å². The molecule has 0 saturated heterocycles. The molecule has 25 heavy (non-hydrogen) atoms. The lowest BCUT2D eigenvalue weighted by Gasteiger charge is -2.08. The number of halogens is 1. The van der Waals surface area contributed by atoms with Crippen molar-refractivity contribution in [1.29, 1.82) is 0 Å². The van der Waals surface area contributed by atoms with Crippen molar-refractivity contribution in [2.75, 3.05) is 10.6 Å². The minimum absolute atomic E-state index is 0.0866. The summed E-state index contributed by atoms with van der Waals surface area (Å²) in [6, 6.07) is 19.0. The van der Waals surface area contributed by atoms with E-state index in [2.05, 4.69) is 15.6 Å². The normalized spacial score (nSPS) is 10.3. The van der Waals surface area contributed by atoms with Crippen LogP contribution in [-0.2, 0) is 11.2 Å². The van der Waals surface area contributed by atoms with E-state index < -0.39 is 0 Å². The van der Waals surface area contributed by atoms with Gasteiger partial charge in [-0.25, -0.2) is 4.98 Å². The highest BCUT2D eigenvalue weighted by molar-refractivity contribution is 6.30. The van der Waals surface area contributed by atoms with Gasteiger partial charge in [-0.05, 0) is 48.9 Å². The van der Waals surface area contributed by atoms with Crippen molar-refractivity contribution in [3.63, 3.8) is 0 Å². The Bertz CT molecular complexity index is 861. The van der Waals surface area contributed by atoms with E-state index >= 15 is 0 Å². The predicted octanol–water partition coefficient (Wildman–Crippen LogP) is 4.97. The number of amides is 1. The zero-order valence-corrected chi connectivity index (χ0v) is 14.5. The second-order valence-corrected chi connectivity index (χ2v) is 6.21. The maximum atomic E-state index is 12.1. The Morgan fingerprint density at radius 3 is 2.48 bits per heavy atom. The molecule has 0 fully saturated rings. The zero-order valence-electron chi connectivity index (χ0n) is 13.8. The molecule has 1 heterocycles. The fourth-order valence-corrected chi connectivity index (χ4v) is 2.56. The summed E-state index contributed by atoms with van der Waals surface area (Å²) in [5.41, 5.74) is 3.88. The van der Waals surface area contributed by atoms with Gasteiger partial charge >= 0.3 is 0 Å². The second-order valence-electron chi connectivity index (χ2n) is 5.78. The minimum Gasteiger partial charge on any atom is -0.354 e. The summed E-state index contributed by atoms with van der Waals surface area (Å²) in [5, 5.41) is 6.73. The molecule has 3 aromatic rings. The van der Waals surface area contributed by atoms with Crippen molar-refractivity contribution in [2.24, 2.45) is 0 Å². The molecule has 2 N–H and O–H groups in total. The summed E-state index contributed by atoms with van der Waals surface area (Å²) in [6.07, 6.45) is 2.00. The number of aryl methyl sites for hydroxylation is 1. The molecule has 2 aromatic carbocycles. The number of hydrogen-bond donors (Lipinski definition) is 2. The number of anilines is 3. The molecule has 5 heteroatoms. The molecule has 0 radical (unpaired) electrons. The highest BCUT2D eigenvalue weighted by Crippen LogP contribution is 2.19. The number of aromatic nitrogens is 1. The molecule has 0 spiro atoms. The van der Waals surface area contributed by atoms with Gasteiger partial charge in [0.05, 0.1) is 18.3 Å². The molecular weight excluding hydrogens is 334 g/mol. The minimum atomic E-state index is -0.0866. The van der Waals surface area contributed by atoms with Crippen LogP contribution in [-0.4, -0.2) is 10.9 Å². The second kappa shape index (κ2) is 7.81. The monoisotopic (exact) mass is 351 g/mol. The van der Waals surface area contributed by atoms with E-state index in [1.54, 1.807) is 12.3 Å². The Balaban J connectivity index is 1.58. The highest BCUT2D eigenvalue weighted by atomic mass is 35.5. The maximum Gasteiger partial charge on any atom is 0.229 e. The van der Waals surface area contributed by atoms with Gasteiger partial charge in [0, 0.05) is 10.7 Å². The van der Waals surface area contributed by atoms with Gasteiger partial charge in [-0.1, -0.05) is 41.4 Å². The van der Waals surface area contributed by atoms with Gasteiger partial charge in [0.2, 0.25) is 5.91 Å². The largest absolute Gasteiger partial charge is 0.354 e. The third-order valence-corrected chi connectivity index (χ3v) is 3.86. The summed E-state index contributed by atoms with van der Waals surface area (Å²) in [7, 11) is 0.